The van der Waals surface area contributed by atoms with Crippen LogP contribution in [0.4, 0.5) is 0 Å². The van der Waals surface area contributed by atoms with Crippen LogP contribution in [0.25, 0.3) is 0 Å². The summed E-state index contributed by atoms with van der Waals surface area (Å²) in [6.07, 6.45) is 5.97. The largest absolute Gasteiger partial charge is 0.348 e. The zero-order valence-electron chi connectivity index (χ0n) is 11.0. The zero-order chi connectivity index (χ0) is 12.7. The zero-order valence-corrected chi connectivity index (χ0v) is 11.0. The molecule has 94 valence electrons. The van der Waals surface area contributed by atoms with E-state index in [4.69, 9.17) is 0 Å². The first-order chi connectivity index (χ1) is 8.17. The molecule has 1 amide bonds. The molecule has 1 N–H and O–H groups in total. The van der Waals surface area contributed by atoms with Crippen molar-refractivity contribution in [2.75, 3.05) is 0 Å². The predicted octanol–water partition coefficient (Wildman–Crippen LogP) is 3.09. The second kappa shape index (κ2) is 7.05. The van der Waals surface area contributed by atoms with E-state index in [2.05, 4.69) is 24.1 Å². The molecule has 0 saturated carbocycles. The van der Waals surface area contributed by atoms with Gasteiger partial charge < -0.3 is 5.32 Å². The van der Waals surface area contributed by atoms with Gasteiger partial charge in [-0.1, -0.05) is 32.8 Å². The summed E-state index contributed by atoms with van der Waals surface area (Å²) in [7, 11) is 0. The Bertz CT molecular complexity index is 340. The maximum atomic E-state index is 11.9. The molecular formula is C14H22N2O. The number of aryl methyl sites for hydroxylation is 1. The summed E-state index contributed by atoms with van der Waals surface area (Å²) in [4.78, 5) is 16.1. The smallest absolute Gasteiger partial charge is 0.270 e. The fourth-order valence-electron chi connectivity index (χ4n) is 1.85. The van der Waals surface area contributed by atoms with Crippen LogP contribution in [-0.2, 0) is 0 Å². The highest BCUT2D eigenvalue weighted by Gasteiger charge is 2.12. The first kappa shape index (κ1) is 13.7. The normalized spacial score (nSPS) is 10.6. The molecule has 0 atom stereocenters. The van der Waals surface area contributed by atoms with E-state index in [0.29, 0.717) is 5.69 Å². The van der Waals surface area contributed by atoms with E-state index in [1.54, 1.807) is 12.3 Å². The summed E-state index contributed by atoms with van der Waals surface area (Å²) in [6, 6.07) is 3.97. The highest BCUT2D eigenvalue weighted by Crippen LogP contribution is 2.06. The number of hydrogen-bond donors (Lipinski definition) is 1. The molecule has 0 bridgehead atoms. The van der Waals surface area contributed by atoms with Gasteiger partial charge in [0, 0.05) is 12.2 Å². The van der Waals surface area contributed by atoms with Gasteiger partial charge in [-0.25, -0.2) is 0 Å². The minimum absolute atomic E-state index is 0.0584. The van der Waals surface area contributed by atoms with Crippen molar-refractivity contribution >= 4 is 5.91 Å². The van der Waals surface area contributed by atoms with Gasteiger partial charge in [-0.05, 0) is 31.4 Å². The summed E-state index contributed by atoms with van der Waals surface area (Å²) in [5.74, 6) is -0.0584. The highest BCUT2D eigenvalue weighted by molar-refractivity contribution is 5.92. The van der Waals surface area contributed by atoms with Crippen LogP contribution in [-0.4, -0.2) is 16.9 Å². The van der Waals surface area contributed by atoms with Gasteiger partial charge in [0.25, 0.3) is 5.91 Å². The Morgan fingerprint density at radius 3 is 2.41 bits per heavy atom. The van der Waals surface area contributed by atoms with Gasteiger partial charge in [0.05, 0.1) is 0 Å². The molecule has 3 nitrogen and oxygen atoms in total. The number of carbonyl (C=O) groups excluding carboxylic acids is 1. The summed E-state index contributed by atoms with van der Waals surface area (Å²) in [6.45, 7) is 6.24. The Balaban J connectivity index is 2.60. The summed E-state index contributed by atoms with van der Waals surface area (Å²) in [5, 5.41) is 3.05. The molecule has 0 aromatic carbocycles. The van der Waals surface area contributed by atoms with Gasteiger partial charge in [0.15, 0.2) is 0 Å². The second-order valence-electron chi connectivity index (χ2n) is 4.47. The van der Waals surface area contributed by atoms with Crippen molar-refractivity contribution in [2.24, 2.45) is 0 Å². The number of pyridine rings is 1. The minimum Gasteiger partial charge on any atom is -0.348 e. The predicted molar refractivity (Wildman–Crippen MR) is 70.0 cm³/mol. The average molecular weight is 234 g/mol. The van der Waals surface area contributed by atoms with E-state index in [9.17, 15) is 4.79 Å². The van der Waals surface area contributed by atoms with Crippen molar-refractivity contribution in [3.63, 3.8) is 0 Å². The standard InChI is InChI=1S/C14H22N2O/c1-4-6-12(7-5-2)16-14(17)13-9-8-11(3)10-15-13/h8-10,12H,4-7H2,1-3H3,(H,16,17). The molecule has 0 radical (unpaired) electrons. The van der Waals surface area contributed by atoms with Crippen LogP contribution in [0.15, 0.2) is 18.3 Å². The van der Waals surface area contributed by atoms with Crippen molar-refractivity contribution in [3.05, 3.63) is 29.6 Å². The van der Waals surface area contributed by atoms with Gasteiger partial charge in [-0.3, -0.25) is 9.78 Å². The molecular weight excluding hydrogens is 212 g/mol. The van der Waals surface area contributed by atoms with Crippen molar-refractivity contribution in [3.8, 4) is 0 Å². The fraction of sp³-hybridized carbons (Fsp3) is 0.571. The van der Waals surface area contributed by atoms with Crippen LogP contribution >= 0.6 is 0 Å². The maximum Gasteiger partial charge on any atom is 0.270 e. The molecule has 1 heterocycles. The summed E-state index contributed by atoms with van der Waals surface area (Å²) >= 11 is 0. The summed E-state index contributed by atoms with van der Waals surface area (Å²) < 4.78 is 0. The van der Waals surface area contributed by atoms with Gasteiger partial charge in [-0.15, -0.1) is 0 Å². The molecule has 0 aliphatic carbocycles. The molecule has 0 fully saturated rings. The fourth-order valence-corrected chi connectivity index (χ4v) is 1.85. The average Bonchev–Trinajstić information content (AvgIpc) is 2.30. The Kier molecular flexibility index (Phi) is 5.67. The topological polar surface area (TPSA) is 42.0 Å². The van der Waals surface area contributed by atoms with E-state index < -0.39 is 0 Å². The van der Waals surface area contributed by atoms with Crippen LogP contribution in [0.3, 0.4) is 0 Å². The molecule has 1 aromatic rings. The Morgan fingerprint density at radius 2 is 1.94 bits per heavy atom. The molecule has 1 aromatic heterocycles. The molecule has 0 saturated heterocycles. The van der Waals surface area contributed by atoms with Gasteiger partial charge >= 0.3 is 0 Å². The number of rotatable bonds is 6. The number of aromatic nitrogens is 1. The highest BCUT2D eigenvalue weighted by atomic mass is 16.1. The molecule has 1 rings (SSSR count). The third-order valence-electron chi connectivity index (χ3n) is 2.75. The number of carbonyl (C=O) groups is 1. The van der Waals surface area contributed by atoms with E-state index in [1.165, 1.54) is 0 Å². The third kappa shape index (κ3) is 4.55. The van der Waals surface area contributed by atoms with Crippen LogP contribution < -0.4 is 5.32 Å². The van der Waals surface area contributed by atoms with E-state index in [1.807, 2.05) is 13.0 Å². The molecule has 17 heavy (non-hydrogen) atoms. The molecule has 0 aliphatic heterocycles. The van der Waals surface area contributed by atoms with Crippen LogP contribution in [0.5, 0.6) is 0 Å². The number of nitrogens with zero attached hydrogens (tertiary/aromatic N) is 1. The quantitative estimate of drug-likeness (QED) is 0.821. The van der Waals surface area contributed by atoms with Gasteiger partial charge in [0.2, 0.25) is 0 Å². The number of hydrogen-bond acceptors (Lipinski definition) is 2. The lowest BCUT2D eigenvalue weighted by atomic mass is 10.1. The van der Waals surface area contributed by atoms with Crippen LogP contribution in [0.2, 0.25) is 0 Å². The van der Waals surface area contributed by atoms with Crippen LogP contribution in [0, 0.1) is 6.92 Å². The molecule has 0 unspecified atom stereocenters. The number of nitrogens with one attached hydrogen (secondary N) is 1. The first-order valence-electron chi connectivity index (χ1n) is 6.40. The minimum atomic E-state index is -0.0584. The lowest BCUT2D eigenvalue weighted by Crippen LogP contribution is -2.35. The van der Waals surface area contributed by atoms with Crippen molar-refractivity contribution in [2.45, 2.75) is 52.5 Å². The lowest BCUT2D eigenvalue weighted by molar-refractivity contribution is 0.0927. The molecule has 0 spiro atoms. The Morgan fingerprint density at radius 1 is 1.29 bits per heavy atom. The van der Waals surface area contributed by atoms with Crippen molar-refractivity contribution in [1.82, 2.24) is 10.3 Å². The maximum absolute atomic E-state index is 11.9. The number of amides is 1. The van der Waals surface area contributed by atoms with E-state index in [-0.39, 0.29) is 11.9 Å². The van der Waals surface area contributed by atoms with E-state index >= 15 is 0 Å². The van der Waals surface area contributed by atoms with Gasteiger partial charge in [-0.2, -0.15) is 0 Å². The molecule has 3 heteroatoms. The second-order valence-corrected chi connectivity index (χ2v) is 4.47. The van der Waals surface area contributed by atoms with Crippen molar-refractivity contribution in [1.29, 1.82) is 0 Å². The Labute approximate surface area is 104 Å². The third-order valence-corrected chi connectivity index (χ3v) is 2.75. The van der Waals surface area contributed by atoms with Crippen molar-refractivity contribution < 1.29 is 4.79 Å². The van der Waals surface area contributed by atoms with E-state index in [0.717, 1.165) is 31.2 Å². The lowest BCUT2D eigenvalue weighted by Gasteiger charge is -2.16. The van der Waals surface area contributed by atoms with Gasteiger partial charge in [0.1, 0.15) is 5.69 Å². The molecule has 0 aliphatic rings. The summed E-state index contributed by atoms with van der Waals surface area (Å²) in [5.41, 5.74) is 1.58. The van der Waals surface area contributed by atoms with Crippen LogP contribution in [0.1, 0.15) is 55.6 Å². The first-order valence-corrected chi connectivity index (χ1v) is 6.40. The Hall–Kier alpha value is -1.38. The monoisotopic (exact) mass is 234 g/mol. The SMILES string of the molecule is CCCC(CCC)NC(=O)c1ccc(C)cn1.